The van der Waals surface area contributed by atoms with E-state index in [9.17, 15) is 9.50 Å². The minimum Gasteiger partial charge on any atom is -0.385 e. The van der Waals surface area contributed by atoms with Crippen LogP contribution in [-0.4, -0.2) is 5.11 Å². The summed E-state index contributed by atoms with van der Waals surface area (Å²) in [6.45, 7) is 0. The summed E-state index contributed by atoms with van der Waals surface area (Å²) in [5.74, 6) is 1.78. The van der Waals surface area contributed by atoms with Crippen molar-refractivity contribution in [2.45, 2.75) is 37.7 Å². The molecule has 0 aliphatic heterocycles. The molecule has 0 aromatic heterocycles. The molecule has 0 saturated heterocycles. The normalized spacial score (nSPS) is 43.7. The van der Waals surface area contributed by atoms with Gasteiger partial charge >= 0.3 is 0 Å². The molecular formula is C16H18ClFO. The van der Waals surface area contributed by atoms with E-state index in [2.05, 4.69) is 0 Å². The van der Waals surface area contributed by atoms with Crippen LogP contribution in [0.2, 0.25) is 5.02 Å². The zero-order chi connectivity index (χ0) is 13.2. The van der Waals surface area contributed by atoms with E-state index < -0.39 is 5.60 Å². The first-order chi connectivity index (χ1) is 9.07. The second-order valence-corrected chi connectivity index (χ2v) is 7.16. The highest BCUT2D eigenvalue weighted by Crippen LogP contribution is 2.62. The van der Waals surface area contributed by atoms with Crippen LogP contribution in [0.5, 0.6) is 0 Å². The molecule has 4 saturated carbocycles. The fourth-order valence-corrected chi connectivity index (χ4v) is 5.42. The van der Waals surface area contributed by atoms with Crippen LogP contribution in [0.15, 0.2) is 18.2 Å². The molecule has 19 heavy (non-hydrogen) atoms. The lowest BCUT2D eigenvalue weighted by molar-refractivity contribution is -0.179. The van der Waals surface area contributed by atoms with Crippen LogP contribution in [0.1, 0.15) is 37.7 Å². The Bertz CT molecular complexity index is 499. The minimum atomic E-state index is -0.896. The van der Waals surface area contributed by atoms with Gasteiger partial charge in [-0.2, -0.15) is 0 Å². The third kappa shape index (κ3) is 1.62. The van der Waals surface area contributed by atoms with Crippen molar-refractivity contribution < 1.29 is 9.50 Å². The lowest BCUT2D eigenvalue weighted by atomic mass is 9.48. The maximum Gasteiger partial charge on any atom is 0.123 e. The molecule has 5 rings (SSSR count). The van der Waals surface area contributed by atoms with Crippen molar-refractivity contribution in [1.82, 2.24) is 0 Å². The minimum absolute atomic E-state index is 0.267. The maximum absolute atomic E-state index is 13.6. The second-order valence-electron chi connectivity index (χ2n) is 6.75. The molecule has 3 heteroatoms. The van der Waals surface area contributed by atoms with Crippen molar-refractivity contribution in [3.8, 4) is 0 Å². The highest BCUT2D eigenvalue weighted by atomic mass is 35.5. The molecule has 102 valence electrons. The van der Waals surface area contributed by atoms with Gasteiger partial charge in [0.25, 0.3) is 0 Å². The zero-order valence-corrected chi connectivity index (χ0v) is 11.5. The summed E-state index contributed by atoms with van der Waals surface area (Å²) in [6, 6.07) is 4.39. The van der Waals surface area contributed by atoms with E-state index in [0.717, 1.165) is 37.5 Å². The standard InChI is InChI=1S/C16H18ClFO/c17-15-2-1-13(18)8-14(15)16(19)11-4-9-3-10(6-11)7-12(16)5-9/h1-2,8-12,19H,3-7H2. The predicted molar refractivity (Wildman–Crippen MR) is 72.4 cm³/mol. The quantitative estimate of drug-likeness (QED) is 0.820. The fraction of sp³-hybridized carbons (Fsp3) is 0.625. The van der Waals surface area contributed by atoms with Gasteiger partial charge in [0.15, 0.2) is 0 Å². The zero-order valence-electron chi connectivity index (χ0n) is 10.8. The number of halogens is 2. The summed E-state index contributed by atoms with van der Waals surface area (Å²) in [7, 11) is 0. The molecule has 4 fully saturated rings. The van der Waals surface area contributed by atoms with Crippen molar-refractivity contribution in [2.75, 3.05) is 0 Å². The van der Waals surface area contributed by atoms with Crippen molar-refractivity contribution in [2.24, 2.45) is 23.7 Å². The number of hydrogen-bond donors (Lipinski definition) is 1. The molecule has 4 aliphatic carbocycles. The third-order valence-electron chi connectivity index (χ3n) is 5.74. The van der Waals surface area contributed by atoms with E-state index in [1.165, 1.54) is 18.6 Å². The van der Waals surface area contributed by atoms with Gasteiger partial charge in [-0.15, -0.1) is 0 Å². The van der Waals surface area contributed by atoms with Gasteiger partial charge in [-0.25, -0.2) is 4.39 Å². The van der Waals surface area contributed by atoms with E-state index in [4.69, 9.17) is 11.6 Å². The van der Waals surface area contributed by atoms with E-state index in [0.29, 0.717) is 10.6 Å². The van der Waals surface area contributed by atoms with Crippen molar-refractivity contribution >= 4 is 11.6 Å². The number of hydrogen-bond acceptors (Lipinski definition) is 1. The van der Waals surface area contributed by atoms with Gasteiger partial charge in [0.05, 0.1) is 5.60 Å². The molecule has 0 unspecified atom stereocenters. The average Bonchev–Trinajstić information content (AvgIpc) is 2.38. The van der Waals surface area contributed by atoms with E-state index in [1.807, 2.05) is 0 Å². The Morgan fingerprint density at radius 3 is 2.21 bits per heavy atom. The van der Waals surface area contributed by atoms with Gasteiger partial charge in [-0.1, -0.05) is 11.6 Å². The smallest absolute Gasteiger partial charge is 0.123 e. The van der Waals surface area contributed by atoms with Crippen LogP contribution in [0.4, 0.5) is 4.39 Å². The summed E-state index contributed by atoms with van der Waals surface area (Å²) in [5, 5.41) is 11.8. The van der Waals surface area contributed by atoms with Crippen LogP contribution < -0.4 is 0 Å². The average molecular weight is 281 g/mol. The first-order valence-electron chi connectivity index (χ1n) is 7.25. The summed E-state index contributed by atoms with van der Waals surface area (Å²) in [4.78, 5) is 0. The van der Waals surface area contributed by atoms with Crippen LogP contribution in [0.25, 0.3) is 0 Å². The SMILES string of the molecule is OC1(c2cc(F)ccc2Cl)C2CC3CC(C2)CC1C3. The lowest BCUT2D eigenvalue weighted by Gasteiger charge is -2.59. The monoisotopic (exact) mass is 280 g/mol. The summed E-state index contributed by atoms with van der Waals surface area (Å²) < 4.78 is 13.6. The molecule has 0 radical (unpaired) electrons. The lowest BCUT2D eigenvalue weighted by Crippen LogP contribution is -2.55. The van der Waals surface area contributed by atoms with Crippen molar-refractivity contribution in [3.63, 3.8) is 0 Å². The summed E-state index contributed by atoms with van der Waals surface area (Å²) in [5.41, 5.74) is -0.268. The molecule has 0 amide bonds. The fourth-order valence-electron chi connectivity index (χ4n) is 5.15. The Hall–Kier alpha value is -0.600. The van der Waals surface area contributed by atoms with Gasteiger partial charge in [-0.05, 0) is 74.0 Å². The number of benzene rings is 1. The van der Waals surface area contributed by atoms with Crippen molar-refractivity contribution in [3.05, 3.63) is 34.6 Å². The third-order valence-corrected chi connectivity index (χ3v) is 6.07. The number of aliphatic hydroxyl groups is 1. The molecule has 4 aliphatic rings. The first kappa shape index (κ1) is 12.2. The van der Waals surface area contributed by atoms with Crippen LogP contribution in [-0.2, 0) is 5.60 Å². The molecular weight excluding hydrogens is 263 g/mol. The second kappa shape index (κ2) is 3.95. The van der Waals surface area contributed by atoms with Gasteiger partial charge in [0, 0.05) is 10.6 Å². The number of rotatable bonds is 1. The Kier molecular flexibility index (Phi) is 2.53. The molecule has 1 N–H and O–H groups in total. The highest BCUT2D eigenvalue weighted by Gasteiger charge is 2.57. The molecule has 0 heterocycles. The van der Waals surface area contributed by atoms with Gasteiger partial charge in [0.2, 0.25) is 0 Å². The largest absolute Gasteiger partial charge is 0.385 e. The van der Waals surface area contributed by atoms with E-state index in [1.54, 1.807) is 6.07 Å². The predicted octanol–water partition coefficient (Wildman–Crippen LogP) is 4.12. The van der Waals surface area contributed by atoms with Crippen molar-refractivity contribution in [1.29, 1.82) is 0 Å². The topological polar surface area (TPSA) is 20.2 Å². The van der Waals surface area contributed by atoms with Crippen LogP contribution >= 0.6 is 11.6 Å². The molecule has 0 spiro atoms. The van der Waals surface area contributed by atoms with E-state index in [-0.39, 0.29) is 17.7 Å². The van der Waals surface area contributed by atoms with Crippen LogP contribution in [0.3, 0.4) is 0 Å². The van der Waals surface area contributed by atoms with Crippen LogP contribution in [0, 0.1) is 29.5 Å². The molecule has 0 atom stereocenters. The van der Waals surface area contributed by atoms with E-state index >= 15 is 0 Å². The Balaban J connectivity index is 1.82. The van der Waals surface area contributed by atoms with Gasteiger partial charge in [-0.3, -0.25) is 0 Å². The van der Waals surface area contributed by atoms with Gasteiger partial charge in [0.1, 0.15) is 5.82 Å². The molecule has 1 aromatic rings. The van der Waals surface area contributed by atoms with Gasteiger partial charge < -0.3 is 5.11 Å². The maximum atomic E-state index is 13.6. The highest BCUT2D eigenvalue weighted by molar-refractivity contribution is 6.31. The Morgan fingerprint density at radius 2 is 1.63 bits per heavy atom. The molecule has 1 aromatic carbocycles. The molecule has 1 nitrogen and oxygen atoms in total. The molecule has 4 bridgehead atoms. The summed E-state index contributed by atoms with van der Waals surface area (Å²) >= 11 is 6.25. The Labute approximate surface area is 117 Å². The summed E-state index contributed by atoms with van der Waals surface area (Å²) in [6.07, 6.45) is 5.65. The first-order valence-corrected chi connectivity index (χ1v) is 7.63. The Morgan fingerprint density at radius 1 is 1.05 bits per heavy atom.